The zero-order valence-corrected chi connectivity index (χ0v) is 19.9. The highest BCUT2D eigenvalue weighted by Gasteiger charge is 2.21. The van der Waals surface area contributed by atoms with Gasteiger partial charge in [-0.1, -0.05) is 41.3 Å². The normalized spacial score (nSPS) is 10.8. The van der Waals surface area contributed by atoms with Crippen LogP contribution in [0.5, 0.6) is 0 Å². The molecular weight excluding hydrogens is 476 g/mol. The number of methoxy groups -OCH3 is 1. The third-order valence-electron chi connectivity index (χ3n) is 4.78. The number of nitrogens with zero attached hydrogens (tertiary/aromatic N) is 2. The largest absolute Gasteiger partial charge is 0.468 e. The van der Waals surface area contributed by atoms with Gasteiger partial charge in [0.15, 0.2) is 10.1 Å². The van der Waals surface area contributed by atoms with Crippen molar-refractivity contribution in [2.45, 2.75) is 17.0 Å². The average molecular weight is 497 g/mol. The number of furan rings is 1. The van der Waals surface area contributed by atoms with Crippen LogP contribution in [0.25, 0.3) is 11.0 Å². The molecule has 0 fully saturated rings. The molecule has 11 heteroatoms. The van der Waals surface area contributed by atoms with Crippen molar-refractivity contribution in [1.82, 2.24) is 15.5 Å². The molecule has 4 aromatic rings. The molecule has 0 saturated carbocycles. The molecule has 0 aliphatic carbocycles. The molecule has 34 heavy (non-hydrogen) atoms. The maximum absolute atomic E-state index is 13.1. The maximum Gasteiger partial charge on any atom is 0.325 e. The second-order valence-electron chi connectivity index (χ2n) is 7.07. The third-order valence-corrected chi connectivity index (χ3v) is 6.78. The van der Waals surface area contributed by atoms with Gasteiger partial charge in [-0.15, -0.1) is 10.2 Å². The van der Waals surface area contributed by atoms with Crippen LogP contribution in [0.4, 0.5) is 5.69 Å². The minimum absolute atomic E-state index is 0.217. The van der Waals surface area contributed by atoms with Crippen LogP contribution < -0.4 is 10.6 Å². The molecular formula is C23H20N4O5S2. The third kappa shape index (κ3) is 5.43. The number of fused-ring (bicyclic) bond motifs is 1. The lowest BCUT2D eigenvalue weighted by Gasteiger charge is -2.07. The van der Waals surface area contributed by atoms with Gasteiger partial charge in [0.05, 0.1) is 7.11 Å². The van der Waals surface area contributed by atoms with E-state index in [1.165, 1.54) is 30.2 Å². The van der Waals surface area contributed by atoms with Gasteiger partial charge in [-0.2, -0.15) is 0 Å². The number of para-hydroxylation sites is 1. The van der Waals surface area contributed by atoms with E-state index in [4.69, 9.17) is 4.42 Å². The number of carbonyl (C=O) groups is 3. The van der Waals surface area contributed by atoms with E-state index in [2.05, 4.69) is 25.6 Å². The molecule has 0 aliphatic heterocycles. The Kier molecular flexibility index (Phi) is 7.24. The molecule has 2 aromatic carbocycles. The molecule has 0 radical (unpaired) electrons. The minimum Gasteiger partial charge on any atom is -0.468 e. The van der Waals surface area contributed by atoms with Crippen molar-refractivity contribution >= 4 is 57.5 Å². The van der Waals surface area contributed by atoms with Crippen LogP contribution in [0.1, 0.15) is 31.5 Å². The van der Waals surface area contributed by atoms with Crippen molar-refractivity contribution in [3.63, 3.8) is 0 Å². The summed E-state index contributed by atoms with van der Waals surface area (Å²) < 4.78 is 11.2. The van der Waals surface area contributed by atoms with E-state index in [0.717, 1.165) is 20.3 Å². The number of aromatic nitrogens is 2. The fraction of sp³-hybridized carbons (Fsp3) is 0.174. The number of nitrogens with one attached hydrogen (secondary N) is 2. The number of aryl methyl sites for hydroxylation is 1. The molecule has 0 aliphatic rings. The molecule has 2 amide bonds. The number of esters is 1. The van der Waals surface area contributed by atoms with E-state index in [0.29, 0.717) is 22.6 Å². The van der Waals surface area contributed by atoms with E-state index in [1.54, 1.807) is 24.3 Å². The zero-order chi connectivity index (χ0) is 24.1. The van der Waals surface area contributed by atoms with Gasteiger partial charge in [0.1, 0.15) is 17.1 Å². The maximum atomic E-state index is 13.1. The number of amides is 2. The number of hydrogen-bond donors (Lipinski definition) is 2. The Balaban J connectivity index is 1.49. The summed E-state index contributed by atoms with van der Waals surface area (Å²) in [7, 11) is 1.25. The number of anilines is 1. The van der Waals surface area contributed by atoms with E-state index in [9.17, 15) is 14.4 Å². The fourth-order valence-corrected chi connectivity index (χ4v) is 4.96. The summed E-state index contributed by atoms with van der Waals surface area (Å²) in [6.45, 7) is 1.67. The Morgan fingerprint density at radius 2 is 1.82 bits per heavy atom. The Labute approximate surface area is 202 Å². The molecule has 0 bridgehead atoms. The molecule has 0 saturated heterocycles. The number of ether oxygens (including phenoxy) is 1. The van der Waals surface area contributed by atoms with Crippen LogP contribution in [0.15, 0.2) is 57.3 Å². The van der Waals surface area contributed by atoms with Gasteiger partial charge in [-0.3, -0.25) is 14.4 Å². The standard InChI is InChI=1S/C23H20N4O5S2/c1-13-26-27-23(34-13)33-12-17-16-5-3-4-6-18(16)32-20(17)22(30)25-15-9-7-14(8-10-15)21(29)24-11-19(28)31-2/h3-10H,11-12H2,1-2H3,(H,24,29)(H,25,30). The number of rotatable bonds is 8. The lowest BCUT2D eigenvalue weighted by atomic mass is 10.1. The van der Waals surface area contributed by atoms with Crippen LogP contribution in [0, 0.1) is 6.92 Å². The Hall–Kier alpha value is -3.70. The Morgan fingerprint density at radius 3 is 2.53 bits per heavy atom. The molecule has 4 rings (SSSR count). The second kappa shape index (κ2) is 10.5. The summed E-state index contributed by atoms with van der Waals surface area (Å²) in [6, 6.07) is 13.8. The number of carbonyl (C=O) groups excluding carboxylic acids is 3. The summed E-state index contributed by atoms with van der Waals surface area (Å²) in [6.07, 6.45) is 0. The highest BCUT2D eigenvalue weighted by molar-refractivity contribution is 8.00. The van der Waals surface area contributed by atoms with Crippen molar-refractivity contribution in [3.8, 4) is 0 Å². The summed E-state index contributed by atoms with van der Waals surface area (Å²) in [5.74, 6) is -0.656. The van der Waals surface area contributed by atoms with E-state index in [-0.39, 0.29) is 12.3 Å². The van der Waals surface area contributed by atoms with E-state index >= 15 is 0 Å². The van der Waals surface area contributed by atoms with Gasteiger partial charge in [-0.05, 0) is 37.3 Å². The lowest BCUT2D eigenvalue weighted by Crippen LogP contribution is -2.30. The summed E-state index contributed by atoms with van der Waals surface area (Å²) in [5.41, 5.74) is 2.22. The predicted molar refractivity (Wildman–Crippen MR) is 129 cm³/mol. The van der Waals surface area contributed by atoms with Crippen molar-refractivity contribution < 1.29 is 23.5 Å². The zero-order valence-electron chi connectivity index (χ0n) is 18.3. The Bertz CT molecular complexity index is 1350. The van der Waals surface area contributed by atoms with Gasteiger partial charge < -0.3 is 19.8 Å². The van der Waals surface area contributed by atoms with Gasteiger partial charge in [0.25, 0.3) is 11.8 Å². The number of benzene rings is 2. The first kappa shape index (κ1) is 23.5. The topological polar surface area (TPSA) is 123 Å². The fourth-order valence-electron chi connectivity index (χ4n) is 3.12. The predicted octanol–water partition coefficient (Wildman–Crippen LogP) is 4.04. The molecule has 0 spiro atoms. The first-order valence-electron chi connectivity index (χ1n) is 10.1. The average Bonchev–Trinajstić information content (AvgIpc) is 3.44. The molecule has 9 nitrogen and oxygen atoms in total. The Morgan fingerprint density at radius 1 is 1.06 bits per heavy atom. The summed E-state index contributed by atoms with van der Waals surface area (Å²) in [4.78, 5) is 36.4. The van der Waals surface area contributed by atoms with E-state index in [1.807, 2.05) is 31.2 Å². The SMILES string of the molecule is COC(=O)CNC(=O)c1ccc(NC(=O)c2oc3ccccc3c2CSc2nnc(C)s2)cc1. The molecule has 174 valence electrons. The van der Waals surface area contributed by atoms with Crippen molar-refractivity contribution in [2.24, 2.45) is 0 Å². The molecule has 0 unspecified atom stereocenters. The van der Waals surface area contributed by atoms with E-state index < -0.39 is 17.8 Å². The van der Waals surface area contributed by atoms with Crippen LogP contribution in [-0.2, 0) is 15.3 Å². The molecule has 2 heterocycles. The lowest BCUT2D eigenvalue weighted by molar-refractivity contribution is -0.139. The number of thioether (sulfide) groups is 1. The molecule has 0 atom stereocenters. The minimum atomic E-state index is -0.543. The summed E-state index contributed by atoms with van der Waals surface area (Å²) in [5, 5.41) is 15.2. The quantitative estimate of drug-likeness (QED) is 0.277. The van der Waals surface area contributed by atoms with Crippen molar-refractivity contribution in [2.75, 3.05) is 19.0 Å². The highest BCUT2D eigenvalue weighted by atomic mass is 32.2. The van der Waals surface area contributed by atoms with Crippen LogP contribution >= 0.6 is 23.1 Å². The smallest absolute Gasteiger partial charge is 0.325 e. The van der Waals surface area contributed by atoms with Gasteiger partial charge in [0.2, 0.25) is 0 Å². The van der Waals surface area contributed by atoms with Crippen LogP contribution in [-0.4, -0.2) is 41.6 Å². The second-order valence-corrected chi connectivity index (χ2v) is 9.48. The molecule has 2 aromatic heterocycles. The van der Waals surface area contributed by atoms with Gasteiger partial charge in [0, 0.05) is 28.0 Å². The van der Waals surface area contributed by atoms with Gasteiger partial charge >= 0.3 is 5.97 Å². The molecule has 2 N–H and O–H groups in total. The number of hydrogen-bond acceptors (Lipinski definition) is 9. The van der Waals surface area contributed by atoms with Crippen LogP contribution in [0.2, 0.25) is 0 Å². The van der Waals surface area contributed by atoms with Gasteiger partial charge in [-0.25, -0.2) is 0 Å². The van der Waals surface area contributed by atoms with Crippen molar-refractivity contribution in [1.29, 1.82) is 0 Å². The highest BCUT2D eigenvalue weighted by Crippen LogP contribution is 2.33. The monoisotopic (exact) mass is 496 g/mol. The van der Waals surface area contributed by atoms with Crippen molar-refractivity contribution in [3.05, 3.63) is 70.4 Å². The van der Waals surface area contributed by atoms with Crippen LogP contribution in [0.3, 0.4) is 0 Å². The summed E-state index contributed by atoms with van der Waals surface area (Å²) >= 11 is 2.99. The first-order chi connectivity index (χ1) is 16.4. The first-order valence-corrected chi connectivity index (χ1v) is 11.9.